The fraction of sp³-hybridized carbons (Fsp3) is 0.111. The van der Waals surface area contributed by atoms with Gasteiger partial charge >= 0.3 is 0 Å². The molecule has 0 bridgehead atoms. The van der Waals surface area contributed by atoms with E-state index in [9.17, 15) is 14.4 Å². The fourth-order valence-corrected chi connectivity index (χ4v) is 3.89. The van der Waals surface area contributed by atoms with Crippen LogP contribution in [0.4, 0.5) is 11.4 Å². The van der Waals surface area contributed by atoms with Crippen LogP contribution in [0.2, 0.25) is 0 Å². The molecule has 0 aliphatic carbocycles. The second kappa shape index (κ2) is 10.2. The van der Waals surface area contributed by atoms with Gasteiger partial charge in [0.1, 0.15) is 5.69 Å². The monoisotopic (exact) mass is 494 g/mol. The maximum absolute atomic E-state index is 12.6. The Morgan fingerprint density at radius 1 is 0.919 bits per heavy atom. The molecule has 5 aromatic rings. The molecule has 0 unspecified atom stereocenters. The highest BCUT2D eigenvalue weighted by Gasteiger charge is 2.23. The van der Waals surface area contributed by atoms with Crippen molar-refractivity contribution >= 4 is 17.3 Å². The second-order valence-electron chi connectivity index (χ2n) is 8.21. The van der Waals surface area contributed by atoms with E-state index in [0.29, 0.717) is 29.2 Å². The van der Waals surface area contributed by atoms with Crippen molar-refractivity contribution in [2.24, 2.45) is 0 Å². The van der Waals surface area contributed by atoms with Crippen molar-refractivity contribution in [3.8, 4) is 28.3 Å². The Kier molecular flexibility index (Phi) is 6.54. The first-order chi connectivity index (χ1) is 18.0. The molecule has 0 aliphatic rings. The molecular weight excluding hydrogens is 472 g/mol. The molecule has 1 aromatic heterocycles. The lowest BCUT2D eigenvalue weighted by atomic mass is 10.00. The number of amides is 1. The Morgan fingerprint density at radius 3 is 2.38 bits per heavy atom. The Bertz CT molecular complexity index is 1610. The van der Waals surface area contributed by atoms with Gasteiger partial charge in [-0.25, -0.2) is 5.10 Å². The van der Waals surface area contributed by atoms with E-state index < -0.39 is 10.9 Å². The number of ether oxygens (including phenoxy) is 1. The summed E-state index contributed by atoms with van der Waals surface area (Å²) < 4.78 is 5.32. The predicted octanol–water partition coefficient (Wildman–Crippen LogP) is 3.20. The summed E-state index contributed by atoms with van der Waals surface area (Å²) in [6, 6.07) is 22.3. The number of hydrogen-bond acceptors (Lipinski definition) is 8. The largest absolute Gasteiger partial charge is 0.488 e. The van der Waals surface area contributed by atoms with Crippen LogP contribution >= 0.6 is 0 Å². The number of carbonyl (C=O) groups is 1. The number of hydrogen-bond donors (Lipinski definition) is 3. The minimum atomic E-state index is -0.652. The predicted molar refractivity (Wildman–Crippen MR) is 138 cm³/mol. The number of H-pyrrole nitrogens is 1. The van der Waals surface area contributed by atoms with Gasteiger partial charge in [-0.15, -0.1) is 5.10 Å². The van der Waals surface area contributed by atoms with Crippen LogP contribution in [-0.2, 0) is 6.54 Å². The van der Waals surface area contributed by atoms with Gasteiger partial charge < -0.3 is 15.4 Å². The topological polar surface area (TPSA) is 139 Å². The molecule has 0 aliphatic heterocycles. The number of benzene rings is 3. The molecule has 0 atom stereocenters. The van der Waals surface area contributed by atoms with E-state index in [4.69, 9.17) is 4.74 Å². The van der Waals surface area contributed by atoms with Crippen LogP contribution in [0.15, 0.2) is 82.4 Å². The number of nitrogens with zero attached hydrogens (tertiary/aromatic N) is 3. The third-order valence-corrected chi connectivity index (χ3v) is 5.75. The number of anilines is 2. The Hall–Kier alpha value is -5.12. The molecule has 0 saturated heterocycles. The summed E-state index contributed by atoms with van der Waals surface area (Å²) >= 11 is 0. The molecule has 5 rings (SSSR count). The number of aromatic amines is 1. The summed E-state index contributed by atoms with van der Waals surface area (Å²) in [5, 5.41) is 19.9. The SMILES string of the molecule is CCOc1c(Nc2cc(-c3ccc(C(=O)NCc4ccccc4)cc3)cc(-c3nnn[nH]3)c2)c(=O)c1=O. The zero-order valence-corrected chi connectivity index (χ0v) is 19.8. The van der Waals surface area contributed by atoms with Crippen LogP contribution in [0.25, 0.3) is 22.5 Å². The summed E-state index contributed by atoms with van der Waals surface area (Å²) in [6.07, 6.45) is 0. The van der Waals surface area contributed by atoms with Gasteiger partial charge in [0.15, 0.2) is 11.6 Å². The number of aromatic nitrogens is 4. The lowest BCUT2D eigenvalue weighted by Gasteiger charge is -2.15. The normalized spacial score (nSPS) is 10.8. The van der Waals surface area contributed by atoms with E-state index in [2.05, 4.69) is 31.3 Å². The minimum absolute atomic E-state index is 0.0200. The van der Waals surface area contributed by atoms with Crippen molar-refractivity contribution in [2.45, 2.75) is 13.5 Å². The third-order valence-electron chi connectivity index (χ3n) is 5.75. The summed E-state index contributed by atoms with van der Waals surface area (Å²) in [5.74, 6) is 0.270. The van der Waals surface area contributed by atoms with E-state index in [1.165, 1.54) is 0 Å². The molecule has 3 N–H and O–H groups in total. The van der Waals surface area contributed by atoms with Gasteiger partial charge in [-0.05, 0) is 64.4 Å². The van der Waals surface area contributed by atoms with Gasteiger partial charge in [0.2, 0.25) is 0 Å². The average molecular weight is 495 g/mol. The first-order valence-corrected chi connectivity index (χ1v) is 11.6. The van der Waals surface area contributed by atoms with Gasteiger partial charge in [0.05, 0.1) is 6.61 Å². The van der Waals surface area contributed by atoms with E-state index in [0.717, 1.165) is 16.7 Å². The van der Waals surface area contributed by atoms with E-state index >= 15 is 0 Å². The van der Waals surface area contributed by atoms with Crippen molar-refractivity contribution in [3.05, 3.63) is 104 Å². The molecule has 37 heavy (non-hydrogen) atoms. The third kappa shape index (κ3) is 4.98. The number of rotatable bonds is 9. The zero-order valence-electron chi connectivity index (χ0n) is 19.8. The average Bonchev–Trinajstić information content (AvgIpc) is 3.49. The first-order valence-electron chi connectivity index (χ1n) is 11.6. The molecule has 10 heteroatoms. The summed E-state index contributed by atoms with van der Waals surface area (Å²) in [4.78, 5) is 36.6. The minimum Gasteiger partial charge on any atom is -0.488 e. The highest BCUT2D eigenvalue weighted by molar-refractivity contribution is 5.94. The molecule has 0 fully saturated rings. The maximum atomic E-state index is 12.6. The van der Waals surface area contributed by atoms with Crippen LogP contribution in [-0.4, -0.2) is 33.1 Å². The Morgan fingerprint density at radius 2 is 1.68 bits per heavy atom. The van der Waals surface area contributed by atoms with Crippen LogP contribution < -0.4 is 26.2 Å². The lowest BCUT2D eigenvalue weighted by molar-refractivity contribution is 0.0951. The van der Waals surface area contributed by atoms with Crippen LogP contribution in [0.1, 0.15) is 22.8 Å². The van der Waals surface area contributed by atoms with Crippen LogP contribution in [0, 0.1) is 0 Å². The lowest BCUT2D eigenvalue weighted by Crippen LogP contribution is -2.35. The number of carbonyl (C=O) groups excluding carboxylic acids is 1. The molecule has 1 heterocycles. The highest BCUT2D eigenvalue weighted by atomic mass is 16.5. The van der Waals surface area contributed by atoms with Crippen molar-refractivity contribution in [1.82, 2.24) is 25.9 Å². The molecule has 4 aromatic carbocycles. The Balaban J connectivity index is 1.41. The maximum Gasteiger partial charge on any atom is 0.272 e. The quantitative estimate of drug-likeness (QED) is 0.266. The number of tetrazole rings is 1. The van der Waals surface area contributed by atoms with Gasteiger partial charge in [-0.1, -0.05) is 42.5 Å². The van der Waals surface area contributed by atoms with Gasteiger partial charge in [-0.3, -0.25) is 14.4 Å². The molecule has 0 saturated carbocycles. The number of nitrogens with one attached hydrogen (secondary N) is 3. The molecule has 184 valence electrons. The highest BCUT2D eigenvalue weighted by Crippen LogP contribution is 2.31. The van der Waals surface area contributed by atoms with Gasteiger partial charge in [0, 0.05) is 23.4 Å². The standard InChI is InChI=1S/C27H22N6O4/c1-2-37-25-22(23(34)24(25)35)29-21-13-19(12-20(14-21)26-30-32-33-31-26)17-8-10-18(11-9-17)27(36)28-15-16-6-4-3-5-7-16/h3-14,29H,2,15H2,1H3,(H,28,36)(H,30,31,32,33). The summed E-state index contributed by atoms with van der Waals surface area (Å²) in [7, 11) is 0. The van der Waals surface area contributed by atoms with E-state index in [-0.39, 0.29) is 24.0 Å². The summed E-state index contributed by atoms with van der Waals surface area (Å²) in [5.41, 5.74) is 3.17. The molecule has 10 nitrogen and oxygen atoms in total. The van der Waals surface area contributed by atoms with Crippen molar-refractivity contribution in [2.75, 3.05) is 11.9 Å². The molecule has 0 radical (unpaired) electrons. The van der Waals surface area contributed by atoms with Crippen LogP contribution in [0.3, 0.4) is 0 Å². The van der Waals surface area contributed by atoms with Crippen molar-refractivity contribution < 1.29 is 9.53 Å². The molecule has 0 spiro atoms. The molecular formula is C27H22N6O4. The van der Waals surface area contributed by atoms with Gasteiger partial charge in [0.25, 0.3) is 16.8 Å². The van der Waals surface area contributed by atoms with E-state index in [1.54, 1.807) is 25.1 Å². The van der Waals surface area contributed by atoms with Crippen LogP contribution in [0.5, 0.6) is 5.75 Å². The van der Waals surface area contributed by atoms with Crippen molar-refractivity contribution in [3.63, 3.8) is 0 Å². The summed E-state index contributed by atoms with van der Waals surface area (Å²) in [6.45, 7) is 2.44. The van der Waals surface area contributed by atoms with E-state index in [1.807, 2.05) is 54.6 Å². The fourth-order valence-electron chi connectivity index (χ4n) is 3.89. The van der Waals surface area contributed by atoms with Crippen molar-refractivity contribution in [1.29, 1.82) is 0 Å². The second-order valence-corrected chi connectivity index (χ2v) is 8.21. The smallest absolute Gasteiger partial charge is 0.272 e. The Labute approximate surface area is 211 Å². The zero-order chi connectivity index (χ0) is 25.8. The first kappa shape index (κ1) is 23.6. The molecule has 1 amide bonds. The van der Waals surface area contributed by atoms with Gasteiger partial charge in [-0.2, -0.15) is 0 Å².